The lowest BCUT2D eigenvalue weighted by Gasteiger charge is -2.37. The highest BCUT2D eigenvalue weighted by Crippen LogP contribution is 2.45. The summed E-state index contributed by atoms with van der Waals surface area (Å²) in [6.07, 6.45) is 11.3. The first kappa shape index (κ1) is 31.2. The average molecular weight is 609 g/mol. The molecule has 1 saturated carbocycles. The van der Waals surface area contributed by atoms with E-state index in [2.05, 4.69) is 10.3 Å². The van der Waals surface area contributed by atoms with Crippen molar-refractivity contribution in [1.29, 1.82) is 0 Å². The molecule has 2 heterocycles. The van der Waals surface area contributed by atoms with Gasteiger partial charge in [0.15, 0.2) is 5.69 Å². The van der Waals surface area contributed by atoms with Crippen LogP contribution in [0.3, 0.4) is 0 Å². The Bertz CT molecular complexity index is 1350. The van der Waals surface area contributed by atoms with Crippen LogP contribution in [0.5, 0.6) is 0 Å². The van der Waals surface area contributed by atoms with Crippen molar-refractivity contribution >= 4 is 23.5 Å². The van der Waals surface area contributed by atoms with Crippen LogP contribution in [0.25, 0.3) is 0 Å². The number of carboxylic acid groups (broad SMARTS) is 1. The Morgan fingerprint density at radius 3 is 2.49 bits per heavy atom. The summed E-state index contributed by atoms with van der Waals surface area (Å²) < 4.78 is 18.1. The van der Waals surface area contributed by atoms with Crippen molar-refractivity contribution in [1.82, 2.24) is 10.3 Å². The predicted octanol–water partition coefficient (Wildman–Crippen LogP) is 7.47. The van der Waals surface area contributed by atoms with Crippen LogP contribution in [-0.4, -0.2) is 35.3 Å². The van der Waals surface area contributed by atoms with E-state index in [0.717, 1.165) is 35.4 Å². The molecule has 9 heteroatoms. The van der Waals surface area contributed by atoms with Crippen LogP contribution in [0, 0.1) is 11.8 Å². The Labute approximate surface area is 258 Å². The van der Waals surface area contributed by atoms with Crippen molar-refractivity contribution in [3.8, 4) is 0 Å². The quantitative estimate of drug-likeness (QED) is 0.194. The zero-order chi connectivity index (χ0) is 30.0. The SMILES string of the molecule is O=C(O)CCc1ccccc1CC1C(c2nc(C(=O)NCCCCC3CCCCC3)co2)OCOC1c1ccccc1Cl. The fraction of sp³-hybridized carbons (Fsp3) is 0.500. The van der Waals surface area contributed by atoms with Crippen molar-refractivity contribution in [2.75, 3.05) is 13.3 Å². The van der Waals surface area contributed by atoms with Crippen LogP contribution in [0.1, 0.15) is 103 Å². The molecule has 3 aromatic rings. The molecule has 0 radical (unpaired) electrons. The second-order valence-corrected chi connectivity index (χ2v) is 12.1. The topological polar surface area (TPSA) is 111 Å². The molecule has 2 aromatic carbocycles. The van der Waals surface area contributed by atoms with E-state index in [9.17, 15) is 14.7 Å². The van der Waals surface area contributed by atoms with Gasteiger partial charge in [-0.2, -0.15) is 0 Å². The number of hydrogen-bond acceptors (Lipinski definition) is 6. The molecule has 8 nitrogen and oxygen atoms in total. The lowest BCUT2D eigenvalue weighted by Crippen LogP contribution is -2.33. The minimum absolute atomic E-state index is 0.00260. The number of halogens is 1. The first-order chi connectivity index (χ1) is 21.0. The number of carbonyl (C=O) groups is 2. The summed E-state index contributed by atoms with van der Waals surface area (Å²) in [6.45, 7) is 0.606. The molecule has 0 bridgehead atoms. The Balaban J connectivity index is 1.29. The van der Waals surface area contributed by atoms with E-state index in [1.165, 1.54) is 44.8 Å². The summed E-state index contributed by atoms with van der Waals surface area (Å²) in [7, 11) is 0. The number of nitrogens with zero attached hydrogens (tertiary/aromatic N) is 1. The van der Waals surface area contributed by atoms with Gasteiger partial charge in [-0.15, -0.1) is 0 Å². The number of carboxylic acids is 1. The summed E-state index contributed by atoms with van der Waals surface area (Å²) in [5.41, 5.74) is 2.97. The van der Waals surface area contributed by atoms with Crippen molar-refractivity contribution in [3.05, 3.63) is 88.1 Å². The lowest BCUT2D eigenvalue weighted by atomic mass is 9.83. The second-order valence-electron chi connectivity index (χ2n) is 11.7. The van der Waals surface area contributed by atoms with Gasteiger partial charge in [-0.05, 0) is 47.9 Å². The minimum Gasteiger partial charge on any atom is -0.481 e. The largest absolute Gasteiger partial charge is 0.481 e. The van der Waals surface area contributed by atoms with Gasteiger partial charge in [0.25, 0.3) is 5.91 Å². The molecule has 3 atom stereocenters. The maximum Gasteiger partial charge on any atom is 0.303 e. The summed E-state index contributed by atoms with van der Waals surface area (Å²) in [5.74, 6) is -0.280. The monoisotopic (exact) mass is 608 g/mol. The number of aromatic nitrogens is 1. The molecule has 2 aliphatic rings. The number of hydrogen-bond donors (Lipinski definition) is 2. The van der Waals surface area contributed by atoms with E-state index in [1.54, 1.807) is 0 Å². The van der Waals surface area contributed by atoms with Gasteiger partial charge < -0.3 is 24.3 Å². The van der Waals surface area contributed by atoms with Crippen LogP contribution in [0.15, 0.2) is 59.2 Å². The van der Waals surface area contributed by atoms with Gasteiger partial charge in [-0.3, -0.25) is 9.59 Å². The third kappa shape index (κ3) is 8.46. The van der Waals surface area contributed by atoms with Gasteiger partial charge in [0.2, 0.25) is 5.89 Å². The van der Waals surface area contributed by atoms with Gasteiger partial charge in [-0.1, -0.05) is 99.0 Å². The fourth-order valence-electron chi connectivity index (χ4n) is 6.43. The molecule has 1 amide bonds. The molecular formula is C34H41ClN2O6. The van der Waals surface area contributed by atoms with Crippen LogP contribution < -0.4 is 5.32 Å². The number of benzene rings is 2. The fourth-order valence-corrected chi connectivity index (χ4v) is 6.67. The zero-order valence-corrected chi connectivity index (χ0v) is 25.3. The molecular weight excluding hydrogens is 568 g/mol. The predicted molar refractivity (Wildman–Crippen MR) is 163 cm³/mol. The Morgan fingerprint density at radius 1 is 0.953 bits per heavy atom. The van der Waals surface area contributed by atoms with Crippen molar-refractivity contribution in [2.45, 2.75) is 82.8 Å². The van der Waals surface area contributed by atoms with Gasteiger partial charge in [0, 0.05) is 23.9 Å². The maximum atomic E-state index is 12.9. The van der Waals surface area contributed by atoms with Crippen LogP contribution >= 0.6 is 11.6 Å². The summed E-state index contributed by atoms with van der Waals surface area (Å²) >= 11 is 6.62. The van der Waals surface area contributed by atoms with Crippen molar-refractivity contribution in [3.63, 3.8) is 0 Å². The molecule has 43 heavy (non-hydrogen) atoms. The van der Waals surface area contributed by atoms with Gasteiger partial charge in [0.1, 0.15) is 19.2 Å². The molecule has 1 aliphatic carbocycles. The Morgan fingerprint density at radius 2 is 1.70 bits per heavy atom. The van der Waals surface area contributed by atoms with Crippen LogP contribution in [0.2, 0.25) is 5.02 Å². The van der Waals surface area contributed by atoms with E-state index in [4.69, 9.17) is 25.5 Å². The van der Waals surface area contributed by atoms with E-state index in [-0.39, 0.29) is 30.7 Å². The number of oxazole rings is 1. The van der Waals surface area contributed by atoms with E-state index in [1.807, 2.05) is 48.5 Å². The normalized spacial score (nSPS) is 21.0. The maximum absolute atomic E-state index is 12.9. The molecule has 3 unspecified atom stereocenters. The van der Waals surface area contributed by atoms with E-state index in [0.29, 0.717) is 30.3 Å². The molecule has 230 valence electrons. The molecule has 1 aromatic heterocycles. The Kier molecular flexibility index (Phi) is 11.3. The third-order valence-electron chi connectivity index (χ3n) is 8.71. The van der Waals surface area contributed by atoms with Crippen LogP contribution in [0.4, 0.5) is 0 Å². The molecule has 1 aliphatic heterocycles. The Hall–Kier alpha value is -3.20. The van der Waals surface area contributed by atoms with Gasteiger partial charge in [0.05, 0.1) is 6.10 Å². The third-order valence-corrected chi connectivity index (χ3v) is 9.06. The second kappa shape index (κ2) is 15.5. The molecule has 2 fully saturated rings. The molecule has 0 spiro atoms. The van der Waals surface area contributed by atoms with Gasteiger partial charge >= 0.3 is 5.97 Å². The van der Waals surface area contributed by atoms with Crippen LogP contribution in [-0.2, 0) is 27.1 Å². The first-order valence-corrected chi connectivity index (χ1v) is 15.9. The minimum atomic E-state index is -0.847. The van der Waals surface area contributed by atoms with E-state index >= 15 is 0 Å². The zero-order valence-electron chi connectivity index (χ0n) is 24.5. The van der Waals surface area contributed by atoms with Crippen molar-refractivity contribution < 1.29 is 28.6 Å². The first-order valence-electron chi connectivity index (χ1n) is 15.5. The molecule has 2 N–H and O–H groups in total. The highest BCUT2D eigenvalue weighted by atomic mass is 35.5. The average Bonchev–Trinajstić information content (AvgIpc) is 3.52. The standard InChI is InChI=1S/C34H41ClN2O6/c35-28-16-7-6-15-26(28)31-27(20-25-14-5-4-13-24(25)17-18-30(38)39)32(43-22-42-31)34-37-29(21-41-34)33(40)36-19-9-8-12-23-10-2-1-3-11-23/h4-7,13-16,21,23,27,31-32H,1-3,8-12,17-20,22H2,(H,36,40)(H,38,39). The lowest BCUT2D eigenvalue weighted by molar-refractivity contribution is -0.219. The smallest absolute Gasteiger partial charge is 0.303 e. The van der Waals surface area contributed by atoms with E-state index < -0.39 is 18.2 Å². The number of aliphatic carboxylic acids is 1. The number of rotatable bonds is 13. The molecule has 5 rings (SSSR count). The highest BCUT2D eigenvalue weighted by molar-refractivity contribution is 6.31. The number of nitrogens with one attached hydrogen (secondary N) is 1. The van der Waals surface area contributed by atoms with Crippen molar-refractivity contribution in [2.24, 2.45) is 11.8 Å². The number of unbranched alkanes of at least 4 members (excludes halogenated alkanes) is 1. The summed E-state index contributed by atoms with van der Waals surface area (Å²) in [4.78, 5) is 28.8. The number of ether oxygens (including phenoxy) is 2. The number of carbonyl (C=O) groups excluding carboxylic acids is 1. The number of aryl methyl sites for hydroxylation is 1. The van der Waals surface area contributed by atoms with Gasteiger partial charge in [-0.25, -0.2) is 4.98 Å². The summed E-state index contributed by atoms with van der Waals surface area (Å²) in [6, 6.07) is 15.3. The summed E-state index contributed by atoms with van der Waals surface area (Å²) in [5, 5.41) is 12.8. The molecule has 1 saturated heterocycles. The number of amides is 1. The highest BCUT2D eigenvalue weighted by Gasteiger charge is 2.41.